The first-order valence-electron chi connectivity index (χ1n) is 5.39. The fraction of sp³-hybridized carbons (Fsp3) is 0.308. The molecular formula is C13H14BrFO3. The van der Waals surface area contributed by atoms with Gasteiger partial charge in [-0.25, -0.2) is 9.18 Å². The van der Waals surface area contributed by atoms with Gasteiger partial charge in [0.2, 0.25) is 6.10 Å². The minimum absolute atomic E-state index is 0.0146. The van der Waals surface area contributed by atoms with Crippen LogP contribution in [0.4, 0.5) is 4.39 Å². The van der Waals surface area contributed by atoms with Gasteiger partial charge < -0.3 is 9.47 Å². The number of carbonyl (C=O) groups excluding carboxylic acids is 1. The highest BCUT2D eigenvalue weighted by Gasteiger charge is 2.23. The molecule has 0 aliphatic heterocycles. The van der Waals surface area contributed by atoms with Crippen molar-refractivity contribution in [1.82, 2.24) is 0 Å². The summed E-state index contributed by atoms with van der Waals surface area (Å²) < 4.78 is 24.3. The summed E-state index contributed by atoms with van der Waals surface area (Å²) in [6, 6.07) is 4.32. The quantitative estimate of drug-likeness (QED) is 0.616. The van der Waals surface area contributed by atoms with Crippen molar-refractivity contribution in [2.75, 3.05) is 6.61 Å². The van der Waals surface area contributed by atoms with E-state index in [4.69, 9.17) is 9.47 Å². The SMILES string of the molecule is C=C(C)[C@H](Oc1ccc(Br)cc1F)C(=O)OCC. The number of hydrogen-bond acceptors (Lipinski definition) is 3. The van der Waals surface area contributed by atoms with Gasteiger partial charge in [0.05, 0.1) is 6.61 Å². The molecule has 0 saturated carbocycles. The summed E-state index contributed by atoms with van der Waals surface area (Å²) in [6.07, 6.45) is -0.999. The van der Waals surface area contributed by atoms with E-state index in [2.05, 4.69) is 22.5 Å². The Morgan fingerprint density at radius 1 is 1.56 bits per heavy atom. The number of carbonyl (C=O) groups is 1. The summed E-state index contributed by atoms with van der Waals surface area (Å²) in [6.45, 7) is 7.19. The van der Waals surface area contributed by atoms with E-state index in [1.54, 1.807) is 19.9 Å². The van der Waals surface area contributed by atoms with E-state index >= 15 is 0 Å². The average Bonchev–Trinajstić information content (AvgIpc) is 2.27. The molecule has 0 aromatic heterocycles. The second kappa shape index (κ2) is 6.54. The van der Waals surface area contributed by atoms with Crippen molar-refractivity contribution in [2.45, 2.75) is 20.0 Å². The molecule has 0 radical (unpaired) electrons. The first-order chi connectivity index (χ1) is 8.45. The predicted molar refractivity (Wildman–Crippen MR) is 70.0 cm³/mol. The zero-order chi connectivity index (χ0) is 13.7. The summed E-state index contributed by atoms with van der Waals surface area (Å²) in [7, 11) is 0. The molecule has 0 saturated heterocycles. The van der Waals surface area contributed by atoms with E-state index in [0.29, 0.717) is 10.0 Å². The minimum atomic E-state index is -0.999. The molecule has 0 bridgehead atoms. The van der Waals surface area contributed by atoms with Gasteiger partial charge in [-0.3, -0.25) is 0 Å². The predicted octanol–water partition coefficient (Wildman–Crippen LogP) is 3.47. The Morgan fingerprint density at radius 3 is 2.72 bits per heavy atom. The van der Waals surface area contributed by atoms with Gasteiger partial charge in [-0.2, -0.15) is 0 Å². The van der Waals surface area contributed by atoms with E-state index in [-0.39, 0.29) is 12.4 Å². The van der Waals surface area contributed by atoms with Crippen LogP contribution in [0.1, 0.15) is 13.8 Å². The molecule has 1 aromatic carbocycles. The lowest BCUT2D eigenvalue weighted by Crippen LogP contribution is -2.30. The molecule has 0 amide bonds. The maximum Gasteiger partial charge on any atom is 0.351 e. The van der Waals surface area contributed by atoms with Crippen LogP contribution < -0.4 is 4.74 Å². The Morgan fingerprint density at radius 2 is 2.22 bits per heavy atom. The van der Waals surface area contributed by atoms with Crippen LogP contribution in [0.25, 0.3) is 0 Å². The van der Waals surface area contributed by atoms with E-state index in [1.807, 2.05) is 0 Å². The molecule has 5 heteroatoms. The maximum atomic E-state index is 13.6. The second-order valence-corrected chi connectivity index (χ2v) is 4.59. The van der Waals surface area contributed by atoms with E-state index < -0.39 is 17.9 Å². The van der Waals surface area contributed by atoms with Crippen LogP contribution in [-0.4, -0.2) is 18.7 Å². The van der Waals surface area contributed by atoms with Gasteiger partial charge in [0, 0.05) is 4.47 Å². The van der Waals surface area contributed by atoms with Crippen LogP contribution in [0.5, 0.6) is 5.75 Å². The summed E-state index contributed by atoms with van der Waals surface area (Å²) in [5.74, 6) is -1.15. The average molecular weight is 317 g/mol. The number of halogens is 2. The maximum absolute atomic E-state index is 13.6. The number of benzene rings is 1. The van der Waals surface area contributed by atoms with Gasteiger partial charge in [0.25, 0.3) is 0 Å². The Bertz CT molecular complexity index is 460. The standard InChI is InChI=1S/C13H14BrFO3/c1-4-17-13(16)12(8(2)3)18-11-6-5-9(14)7-10(11)15/h5-7,12H,2,4H2,1,3H3/t12-/m0/s1. The second-order valence-electron chi connectivity index (χ2n) is 3.67. The topological polar surface area (TPSA) is 35.5 Å². The molecule has 0 unspecified atom stereocenters. The molecule has 1 aromatic rings. The highest BCUT2D eigenvalue weighted by molar-refractivity contribution is 9.10. The van der Waals surface area contributed by atoms with Crippen molar-refractivity contribution in [3.05, 3.63) is 40.6 Å². The molecule has 0 N–H and O–H groups in total. The first-order valence-corrected chi connectivity index (χ1v) is 6.18. The molecular weight excluding hydrogens is 303 g/mol. The third-order valence-corrected chi connectivity index (χ3v) is 2.58. The van der Waals surface area contributed by atoms with Gasteiger partial charge in [-0.1, -0.05) is 22.5 Å². The lowest BCUT2D eigenvalue weighted by molar-refractivity contribution is -0.149. The van der Waals surface area contributed by atoms with Crippen molar-refractivity contribution in [3.8, 4) is 5.75 Å². The number of rotatable bonds is 5. The smallest absolute Gasteiger partial charge is 0.351 e. The fourth-order valence-electron chi connectivity index (χ4n) is 1.27. The molecule has 0 spiro atoms. The Labute approximate surface area is 114 Å². The van der Waals surface area contributed by atoms with Gasteiger partial charge in [0.15, 0.2) is 11.6 Å². The summed E-state index contributed by atoms with van der Waals surface area (Å²) in [4.78, 5) is 11.6. The number of ether oxygens (including phenoxy) is 2. The highest BCUT2D eigenvalue weighted by atomic mass is 79.9. The van der Waals surface area contributed by atoms with Crippen molar-refractivity contribution >= 4 is 21.9 Å². The molecule has 98 valence electrons. The van der Waals surface area contributed by atoms with Crippen molar-refractivity contribution < 1.29 is 18.7 Å². The molecule has 0 fully saturated rings. The Balaban J connectivity index is 2.90. The largest absolute Gasteiger partial charge is 0.471 e. The first kappa shape index (κ1) is 14.7. The van der Waals surface area contributed by atoms with Crippen LogP contribution in [0.15, 0.2) is 34.8 Å². The van der Waals surface area contributed by atoms with E-state index in [0.717, 1.165) is 0 Å². The van der Waals surface area contributed by atoms with Gasteiger partial charge in [-0.15, -0.1) is 0 Å². The van der Waals surface area contributed by atoms with Crippen molar-refractivity contribution in [1.29, 1.82) is 0 Å². The molecule has 3 nitrogen and oxygen atoms in total. The molecule has 0 aliphatic carbocycles. The van der Waals surface area contributed by atoms with E-state index in [9.17, 15) is 9.18 Å². The fourth-order valence-corrected chi connectivity index (χ4v) is 1.60. The Kier molecular flexibility index (Phi) is 5.34. The van der Waals surface area contributed by atoms with Crippen LogP contribution in [-0.2, 0) is 9.53 Å². The summed E-state index contributed by atoms with van der Waals surface area (Å²) in [5, 5.41) is 0. The minimum Gasteiger partial charge on any atom is -0.471 e. The molecule has 1 rings (SSSR count). The third kappa shape index (κ3) is 3.84. The molecule has 18 heavy (non-hydrogen) atoms. The number of hydrogen-bond donors (Lipinski definition) is 0. The third-order valence-electron chi connectivity index (χ3n) is 2.09. The van der Waals surface area contributed by atoms with Gasteiger partial charge in [0.1, 0.15) is 0 Å². The number of esters is 1. The van der Waals surface area contributed by atoms with Crippen LogP contribution >= 0.6 is 15.9 Å². The normalized spacial score (nSPS) is 11.8. The summed E-state index contributed by atoms with van der Waals surface area (Å²) in [5.41, 5.74) is 0.454. The van der Waals surface area contributed by atoms with Crippen LogP contribution in [0.2, 0.25) is 0 Å². The van der Waals surface area contributed by atoms with Gasteiger partial charge in [-0.05, 0) is 37.6 Å². The van der Waals surface area contributed by atoms with Gasteiger partial charge >= 0.3 is 5.97 Å². The summed E-state index contributed by atoms with van der Waals surface area (Å²) >= 11 is 3.14. The molecule has 0 aliphatic rings. The van der Waals surface area contributed by atoms with Crippen LogP contribution in [0.3, 0.4) is 0 Å². The molecule has 1 atom stereocenters. The molecule has 0 heterocycles. The van der Waals surface area contributed by atoms with Crippen molar-refractivity contribution in [3.63, 3.8) is 0 Å². The van der Waals surface area contributed by atoms with Crippen molar-refractivity contribution in [2.24, 2.45) is 0 Å². The van der Waals surface area contributed by atoms with Crippen LogP contribution in [0, 0.1) is 5.82 Å². The lowest BCUT2D eigenvalue weighted by atomic mass is 10.2. The zero-order valence-corrected chi connectivity index (χ0v) is 11.8. The highest BCUT2D eigenvalue weighted by Crippen LogP contribution is 2.23. The lowest BCUT2D eigenvalue weighted by Gasteiger charge is -2.18. The van der Waals surface area contributed by atoms with E-state index in [1.165, 1.54) is 12.1 Å². The Hall–Kier alpha value is -1.36. The monoisotopic (exact) mass is 316 g/mol. The zero-order valence-electron chi connectivity index (χ0n) is 10.2.